The minimum Gasteiger partial charge on any atom is -0.478 e. The number of carbonyl (C=O) groups excluding carboxylic acids is 1. The van der Waals surface area contributed by atoms with Crippen molar-refractivity contribution in [2.75, 3.05) is 4.72 Å². The van der Waals surface area contributed by atoms with Crippen molar-refractivity contribution in [2.45, 2.75) is 4.90 Å². The molecule has 3 aromatic carbocycles. The highest BCUT2D eigenvalue weighted by Gasteiger charge is 2.21. The predicted molar refractivity (Wildman–Crippen MR) is 93.5 cm³/mol. The van der Waals surface area contributed by atoms with Crippen molar-refractivity contribution in [3.63, 3.8) is 0 Å². The van der Waals surface area contributed by atoms with E-state index in [1.807, 2.05) is 0 Å². The van der Waals surface area contributed by atoms with Crippen LogP contribution in [0.5, 0.6) is 0 Å². The summed E-state index contributed by atoms with van der Waals surface area (Å²) >= 11 is 0. The number of fused-ring (bicyclic) bond motifs is 1. The maximum absolute atomic E-state index is 12.6. The Labute approximate surface area is 143 Å². The molecular formula is C18H13NO5S. The third kappa shape index (κ3) is 3.22. The molecule has 0 bridgehead atoms. The lowest BCUT2D eigenvalue weighted by atomic mass is 10.1. The molecule has 3 aromatic rings. The largest absolute Gasteiger partial charge is 0.478 e. The molecular weight excluding hydrogens is 342 g/mol. The second-order valence-electron chi connectivity index (χ2n) is 5.31. The van der Waals surface area contributed by atoms with Crippen molar-refractivity contribution in [3.05, 3.63) is 71.8 Å². The third-order valence-electron chi connectivity index (χ3n) is 3.70. The molecule has 7 heteroatoms. The summed E-state index contributed by atoms with van der Waals surface area (Å²) < 4.78 is 27.5. The third-order valence-corrected chi connectivity index (χ3v) is 5.14. The minimum atomic E-state index is -4.13. The monoisotopic (exact) mass is 355 g/mol. The first-order chi connectivity index (χ1) is 11.9. The zero-order valence-electron chi connectivity index (χ0n) is 12.8. The van der Waals surface area contributed by atoms with Crippen LogP contribution in [0.2, 0.25) is 0 Å². The highest BCUT2D eigenvalue weighted by atomic mass is 32.2. The van der Waals surface area contributed by atoms with E-state index in [1.54, 1.807) is 30.3 Å². The number of benzene rings is 3. The fourth-order valence-corrected chi connectivity index (χ4v) is 3.78. The van der Waals surface area contributed by atoms with Gasteiger partial charge in [-0.05, 0) is 29.0 Å². The van der Waals surface area contributed by atoms with Gasteiger partial charge in [0.2, 0.25) is 0 Å². The van der Waals surface area contributed by atoms with Crippen LogP contribution in [0.25, 0.3) is 10.8 Å². The van der Waals surface area contributed by atoms with Crippen molar-refractivity contribution < 1.29 is 23.1 Å². The molecule has 2 N–H and O–H groups in total. The molecule has 0 aliphatic carbocycles. The molecule has 0 fully saturated rings. The van der Waals surface area contributed by atoms with Gasteiger partial charge in [-0.2, -0.15) is 0 Å². The number of aromatic carboxylic acids is 1. The molecule has 0 radical (unpaired) electrons. The predicted octanol–water partition coefficient (Wildman–Crippen LogP) is 3.15. The summed E-state index contributed by atoms with van der Waals surface area (Å²) in [6, 6.07) is 15.6. The summed E-state index contributed by atoms with van der Waals surface area (Å²) in [7, 11) is -4.13. The average Bonchev–Trinajstić information content (AvgIpc) is 2.60. The number of sulfonamides is 1. The Balaban J connectivity index is 2.14. The molecule has 0 atom stereocenters. The zero-order valence-corrected chi connectivity index (χ0v) is 13.7. The maximum Gasteiger partial charge on any atom is 0.337 e. The molecule has 0 saturated carbocycles. The second-order valence-corrected chi connectivity index (χ2v) is 6.96. The summed E-state index contributed by atoms with van der Waals surface area (Å²) in [6.07, 6.45) is 0.438. The zero-order chi connectivity index (χ0) is 18.0. The molecule has 0 saturated heterocycles. The summed E-state index contributed by atoms with van der Waals surface area (Å²) in [5.74, 6) is -1.26. The highest BCUT2D eigenvalue weighted by Crippen LogP contribution is 2.27. The van der Waals surface area contributed by atoms with Gasteiger partial charge in [0, 0.05) is 5.56 Å². The number of anilines is 1. The number of hydrogen-bond acceptors (Lipinski definition) is 4. The van der Waals surface area contributed by atoms with Crippen molar-refractivity contribution in [1.29, 1.82) is 0 Å². The normalized spacial score (nSPS) is 11.2. The van der Waals surface area contributed by atoms with E-state index in [2.05, 4.69) is 4.72 Å². The summed E-state index contributed by atoms with van der Waals surface area (Å²) in [5, 5.41) is 10.8. The van der Waals surface area contributed by atoms with E-state index in [4.69, 9.17) is 0 Å². The van der Waals surface area contributed by atoms with Crippen LogP contribution < -0.4 is 4.72 Å². The van der Waals surface area contributed by atoms with E-state index in [9.17, 15) is 23.1 Å². The van der Waals surface area contributed by atoms with Crippen LogP contribution in [0, 0.1) is 0 Å². The summed E-state index contributed by atoms with van der Waals surface area (Å²) in [5.41, 5.74) is -0.245. The Morgan fingerprint density at radius 2 is 1.56 bits per heavy atom. The van der Waals surface area contributed by atoms with Gasteiger partial charge < -0.3 is 5.11 Å². The minimum absolute atomic E-state index is 0.00679. The Hall–Kier alpha value is -3.19. The fourth-order valence-electron chi connectivity index (χ4n) is 2.52. The molecule has 3 rings (SSSR count). The smallest absolute Gasteiger partial charge is 0.337 e. The van der Waals surface area contributed by atoms with Gasteiger partial charge in [0.1, 0.15) is 0 Å². The van der Waals surface area contributed by atoms with Gasteiger partial charge in [0.05, 0.1) is 16.1 Å². The van der Waals surface area contributed by atoms with Gasteiger partial charge in [-0.3, -0.25) is 9.52 Å². The Morgan fingerprint density at radius 1 is 0.960 bits per heavy atom. The Morgan fingerprint density at radius 3 is 2.20 bits per heavy atom. The van der Waals surface area contributed by atoms with Crippen LogP contribution in [0.15, 0.2) is 65.6 Å². The topological polar surface area (TPSA) is 101 Å². The van der Waals surface area contributed by atoms with Crippen LogP contribution in [0.4, 0.5) is 5.69 Å². The van der Waals surface area contributed by atoms with Gasteiger partial charge in [-0.15, -0.1) is 0 Å². The summed E-state index contributed by atoms with van der Waals surface area (Å²) in [6.45, 7) is 0. The average molecular weight is 355 g/mol. The maximum atomic E-state index is 12.6. The van der Waals surface area contributed by atoms with Crippen molar-refractivity contribution >= 4 is 38.7 Å². The quantitative estimate of drug-likeness (QED) is 0.685. The molecule has 0 aliphatic heterocycles. The van der Waals surface area contributed by atoms with Crippen molar-refractivity contribution in [2.24, 2.45) is 0 Å². The fraction of sp³-hybridized carbons (Fsp3) is 0. The van der Waals surface area contributed by atoms with Gasteiger partial charge in [0.25, 0.3) is 10.0 Å². The van der Waals surface area contributed by atoms with E-state index >= 15 is 0 Å². The van der Waals surface area contributed by atoms with E-state index in [0.717, 1.165) is 0 Å². The molecule has 6 nitrogen and oxygen atoms in total. The number of nitrogens with one attached hydrogen (secondary N) is 1. The van der Waals surface area contributed by atoms with E-state index < -0.39 is 16.0 Å². The molecule has 0 spiro atoms. The first kappa shape index (κ1) is 16.7. The Bertz CT molecular complexity index is 1090. The number of aldehydes is 1. The number of carbonyl (C=O) groups is 2. The van der Waals surface area contributed by atoms with Gasteiger partial charge in [-0.25, -0.2) is 13.2 Å². The molecule has 0 unspecified atom stereocenters. The molecule has 0 aromatic heterocycles. The molecule has 25 heavy (non-hydrogen) atoms. The molecule has 0 heterocycles. The summed E-state index contributed by atoms with van der Waals surface area (Å²) in [4.78, 5) is 22.4. The van der Waals surface area contributed by atoms with Crippen LogP contribution in [0.3, 0.4) is 0 Å². The van der Waals surface area contributed by atoms with Gasteiger partial charge in [-0.1, -0.05) is 42.5 Å². The van der Waals surface area contributed by atoms with Crippen molar-refractivity contribution in [1.82, 2.24) is 0 Å². The highest BCUT2D eigenvalue weighted by molar-refractivity contribution is 7.92. The standard InChI is InChI=1S/C18H13NO5S/c20-11-14-7-3-4-8-17(14)25(23,24)19-16-10-13-6-2-1-5-12(13)9-15(16)18(21)22/h1-11,19H,(H,21,22). The van der Waals surface area contributed by atoms with Crippen LogP contribution in [-0.4, -0.2) is 25.8 Å². The first-order valence-electron chi connectivity index (χ1n) is 7.25. The van der Waals surface area contributed by atoms with Gasteiger partial charge in [0.15, 0.2) is 6.29 Å². The number of rotatable bonds is 5. The molecule has 126 valence electrons. The van der Waals surface area contributed by atoms with E-state index in [-0.39, 0.29) is 21.7 Å². The van der Waals surface area contributed by atoms with E-state index in [0.29, 0.717) is 17.1 Å². The van der Waals surface area contributed by atoms with Crippen LogP contribution in [0.1, 0.15) is 20.7 Å². The lowest BCUT2D eigenvalue weighted by molar-refractivity contribution is 0.0698. The van der Waals surface area contributed by atoms with Crippen LogP contribution in [-0.2, 0) is 10.0 Å². The van der Waals surface area contributed by atoms with Crippen LogP contribution >= 0.6 is 0 Å². The number of carboxylic acids is 1. The second kappa shape index (κ2) is 6.37. The lowest BCUT2D eigenvalue weighted by Gasteiger charge is -2.13. The van der Waals surface area contributed by atoms with Gasteiger partial charge >= 0.3 is 5.97 Å². The lowest BCUT2D eigenvalue weighted by Crippen LogP contribution is -2.17. The number of carboxylic acid groups (broad SMARTS) is 1. The van der Waals surface area contributed by atoms with E-state index in [1.165, 1.54) is 30.3 Å². The Kier molecular flexibility index (Phi) is 4.24. The first-order valence-corrected chi connectivity index (χ1v) is 8.74. The molecule has 0 aliphatic rings. The van der Waals surface area contributed by atoms with Crippen molar-refractivity contribution in [3.8, 4) is 0 Å². The molecule has 0 amide bonds. The number of hydrogen-bond donors (Lipinski definition) is 2. The SMILES string of the molecule is O=Cc1ccccc1S(=O)(=O)Nc1cc2ccccc2cc1C(=O)O.